The molecule has 1 aromatic carbocycles. The molecule has 24 heavy (non-hydrogen) atoms. The monoisotopic (exact) mass is 332 g/mol. The Kier molecular flexibility index (Phi) is 4.83. The van der Waals surface area contributed by atoms with Crippen LogP contribution in [0, 0.1) is 0 Å². The Hall–Kier alpha value is -1.59. The second-order valence-electron chi connectivity index (χ2n) is 7.82. The third-order valence-corrected chi connectivity index (χ3v) is 4.73. The van der Waals surface area contributed by atoms with Crippen molar-refractivity contribution in [2.75, 3.05) is 19.8 Å². The van der Waals surface area contributed by atoms with Crippen molar-refractivity contribution in [1.82, 2.24) is 10.2 Å². The largest absolute Gasteiger partial charge is 0.444 e. The number of hydrogen-bond donors (Lipinski definition) is 1. The zero-order chi connectivity index (χ0) is 17.2. The van der Waals surface area contributed by atoms with Gasteiger partial charge in [0.2, 0.25) is 0 Å². The van der Waals surface area contributed by atoms with E-state index in [4.69, 9.17) is 9.47 Å². The van der Waals surface area contributed by atoms with E-state index >= 15 is 0 Å². The van der Waals surface area contributed by atoms with Gasteiger partial charge in [-0.05, 0) is 39.2 Å². The summed E-state index contributed by atoms with van der Waals surface area (Å²) in [5.41, 5.74) is 0.611. The van der Waals surface area contributed by atoms with Gasteiger partial charge in [0.05, 0.1) is 24.8 Å². The molecule has 0 aromatic heterocycles. The molecule has 2 heterocycles. The van der Waals surface area contributed by atoms with E-state index in [9.17, 15) is 4.79 Å². The highest BCUT2D eigenvalue weighted by molar-refractivity contribution is 5.69. The number of benzene rings is 1. The van der Waals surface area contributed by atoms with E-state index in [0.717, 1.165) is 25.9 Å². The Morgan fingerprint density at radius 3 is 2.62 bits per heavy atom. The highest BCUT2D eigenvalue weighted by Crippen LogP contribution is 2.34. The molecule has 0 saturated carbocycles. The molecule has 0 unspecified atom stereocenters. The summed E-state index contributed by atoms with van der Waals surface area (Å²) >= 11 is 0. The molecule has 5 nitrogen and oxygen atoms in total. The molecule has 2 fully saturated rings. The van der Waals surface area contributed by atoms with Crippen molar-refractivity contribution in [2.24, 2.45) is 0 Å². The Morgan fingerprint density at radius 1 is 1.33 bits per heavy atom. The molecule has 2 aliphatic rings. The van der Waals surface area contributed by atoms with E-state index < -0.39 is 5.60 Å². The number of hydrogen-bond acceptors (Lipinski definition) is 4. The second kappa shape index (κ2) is 6.73. The van der Waals surface area contributed by atoms with Crippen molar-refractivity contribution >= 4 is 6.09 Å². The topological polar surface area (TPSA) is 50.8 Å². The van der Waals surface area contributed by atoms with Crippen LogP contribution in [0.2, 0.25) is 0 Å². The Balaban J connectivity index is 1.68. The van der Waals surface area contributed by atoms with Crippen molar-refractivity contribution in [3.63, 3.8) is 0 Å². The molecule has 2 aliphatic heterocycles. The summed E-state index contributed by atoms with van der Waals surface area (Å²) in [5.74, 6) is 0. The lowest BCUT2D eigenvalue weighted by Gasteiger charge is -2.49. The van der Waals surface area contributed by atoms with Gasteiger partial charge >= 0.3 is 6.09 Å². The molecule has 5 heteroatoms. The average molecular weight is 332 g/mol. The minimum absolute atomic E-state index is 0.129. The predicted molar refractivity (Wildman–Crippen MR) is 92.8 cm³/mol. The maximum atomic E-state index is 12.6. The van der Waals surface area contributed by atoms with Gasteiger partial charge in [-0.1, -0.05) is 30.3 Å². The normalized spacial score (nSPS) is 23.0. The number of nitrogens with zero attached hydrogens (tertiary/aromatic N) is 1. The lowest BCUT2D eigenvalue weighted by atomic mass is 9.86. The number of likely N-dealkylation sites (tertiary alicyclic amines) is 1. The summed E-state index contributed by atoms with van der Waals surface area (Å²) in [5, 5.41) is 3.66. The van der Waals surface area contributed by atoms with E-state index in [-0.39, 0.29) is 17.7 Å². The standard InChI is InChI=1S/C19H28N2O3/c1-18(2,3)24-17(22)21-11-7-10-16(21)19(13-23-14-19)20-12-15-8-5-4-6-9-15/h4-6,8-9,16,20H,7,10-14H2,1-3H3/t16-/m0/s1. The number of amides is 1. The van der Waals surface area contributed by atoms with E-state index in [1.807, 2.05) is 43.9 Å². The number of nitrogens with one attached hydrogen (secondary N) is 1. The zero-order valence-corrected chi connectivity index (χ0v) is 14.9. The van der Waals surface area contributed by atoms with Gasteiger partial charge in [-0.25, -0.2) is 4.79 Å². The third-order valence-electron chi connectivity index (χ3n) is 4.73. The fraction of sp³-hybridized carbons (Fsp3) is 0.632. The first-order valence-electron chi connectivity index (χ1n) is 8.76. The summed E-state index contributed by atoms with van der Waals surface area (Å²) in [6.07, 6.45) is 1.79. The quantitative estimate of drug-likeness (QED) is 0.921. The number of rotatable bonds is 4. The number of carbonyl (C=O) groups is 1. The first-order chi connectivity index (χ1) is 11.4. The van der Waals surface area contributed by atoms with Gasteiger partial charge in [0.15, 0.2) is 0 Å². The van der Waals surface area contributed by atoms with Gasteiger partial charge in [0.25, 0.3) is 0 Å². The minimum Gasteiger partial charge on any atom is -0.444 e. The molecule has 3 rings (SSSR count). The molecule has 1 N–H and O–H groups in total. The number of carbonyl (C=O) groups excluding carboxylic acids is 1. The maximum Gasteiger partial charge on any atom is 0.410 e. The summed E-state index contributed by atoms with van der Waals surface area (Å²) in [7, 11) is 0. The SMILES string of the molecule is CC(C)(C)OC(=O)N1CCC[C@H]1C1(NCc2ccccc2)COC1. The third kappa shape index (κ3) is 3.73. The van der Waals surface area contributed by atoms with E-state index in [1.54, 1.807) is 0 Å². The van der Waals surface area contributed by atoms with Gasteiger partial charge in [-0.2, -0.15) is 0 Å². The fourth-order valence-electron chi connectivity index (χ4n) is 3.49. The molecular formula is C19H28N2O3. The predicted octanol–water partition coefficient (Wildman–Crippen LogP) is 2.94. The van der Waals surface area contributed by atoms with Crippen LogP contribution < -0.4 is 5.32 Å². The average Bonchev–Trinajstić information content (AvgIpc) is 2.95. The van der Waals surface area contributed by atoms with Crippen LogP contribution in [0.1, 0.15) is 39.2 Å². The van der Waals surface area contributed by atoms with Crippen LogP contribution >= 0.6 is 0 Å². The number of ether oxygens (including phenoxy) is 2. The van der Waals surface area contributed by atoms with Crippen LogP contribution in [0.4, 0.5) is 4.79 Å². The van der Waals surface area contributed by atoms with Crippen LogP contribution in [-0.4, -0.2) is 47.9 Å². The van der Waals surface area contributed by atoms with Gasteiger partial charge in [0.1, 0.15) is 5.60 Å². The van der Waals surface area contributed by atoms with Gasteiger partial charge in [-0.15, -0.1) is 0 Å². The molecule has 1 aromatic rings. The molecular weight excluding hydrogens is 304 g/mol. The fourth-order valence-corrected chi connectivity index (χ4v) is 3.49. The van der Waals surface area contributed by atoms with Gasteiger partial charge in [-0.3, -0.25) is 0 Å². The van der Waals surface area contributed by atoms with Crippen LogP contribution in [-0.2, 0) is 16.0 Å². The molecule has 1 amide bonds. The molecule has 0 aliphatic carbocycles. The highest BCUT2D eigenvalue weighted by atomic mass is 16.6. The summed E-state index contributed by atoms with van der Waals surface area (Å²) < 4.78 is 11.1. The van der Waals surface area contributed by atoms with Gasteiger partial charge < -0.3 is 19.7 Å². The molecule has 2 saturated heterocycles. The summed E-state index contributed by atoms with van der Waals surface area (Å²) in [6.45, 7) is 8.55. The second-order valence-corrected chi connectivity index (χ2v) is 7.82. The molecule has 1 atom stereocenters. The molecule has 0 bridgehead atoms. The smallest absolute Gasteiger partial charge is 0.410 e. The van der Waals surface area contributed by atoms with Gasteiger partial charge in [0, 0.05) is 13.1 Å². The Bertz CT molecular complexity index is 564. The van der Waals surface area contributed by atoms with Crippen LogP contribution in [0.25, 0.3) is 0 Å². The Labute approximate surface area is 144 Å². The van der Waals surface area contributed by atoms with E-state index in [2.05, 4.69) is 17.4 Å². The molecule has 132 valence electrons. The summed E-state index contributed by atoms with van der Waals surface area (Å²) in [6, 6.07) is 10.5. The Morgan fingerprint density at radius 2 is 2.04 bits per heavy atom. The first kappa shape index (κ1) is 17.2. The van der Waals surface area contributed by atoms with E-state index in [0.29, 0.717) is 13.2 Å². The van der Waals surface area contributed by atoms with Crippen molar-refractivity contribution in [1.29, 1.82) is 0 Å². The lowest BCUT2D eigenvalue weighted by molar-refractivity contribution is -0.109. The van der Waals surface area contributed by atoms with Crippen molar-refractivity contribution in [3.8, 4) is 0 Å². The van der Waals surface area contributed by atoms with Crippen LogP contribution in [0.3, 0.4) is 0 Å². The van der Waals surface area contributed by atoms with Crippen LogP contribution in [0.15, 0.2) is 30.3 Å². The molecule has 0 spiro atoms. The summed E-state index contributed by atoms with van der Waals surface area (Å²) in [4.78, 5) is 14.5. The lowest BCUT2D eigenvalue weighted by Crippen LogP contribution is -2.70. The van der Waals surface area contributed by atoms with Crippen molar-refractivity contribution in [2.45, 2.75) is 57.3 Å². The van der Waals surface area contributed by atoms with E-state index in [1.165, 1.54) is 5.56 Å². The minimum atomic E-state index is -0.467. The van der Waals surface area contributed by atoms with Crippen molar-refractivity contribution < 1.29 is 14.3 Å². The first-order valence-corrected chi connectivity index (χ1v) is 8.76. The van der Waals surface area contributed by atoms with Crippen molar-refractivity contribution in [3.05, 3.63) is 35.9 Å². The highest BCUT2D eigenvalue weighted by Gasteiger charge is 2.51. The molecule has 0 radical (unpaired) electrons. The van der Waals surface area contributed by atoms with Crippen LogP contribution in [0.5, 0.6) is 0 Å². The maximum absolute atomic E-state index is 12.6. The zero-order valence-electron chi connectivity index (χ0n) is 14.9.